The van der Waals surface area contributed by atoms with Crippen LogP contribution < -0.4 is 4.90 Å². The van der Waals surface area contributed by atoms with E-state index < -0.39 is 0 Å². The van der Waals surface area contributed by atoms with Crippen molar-refractivity contribution in [3.8, 4) is 6.07 Å². The highest BCUT2D eigenvalue weighted by Crippen LogP contribution is 2.29. The largest absolute Gasteiger partial charge is 0.466 e. The number of anilines is 1. The van der Waals surface area contributed by atoms with Crippen molar-refractivity contribution in [2.45, 2.75) is 40.0 Å². The van der Waals surface area contributed by atoms with Crippen molar-refractivity contribution in [2.75, 3.05) is 24.6 Å². The Bertz CT molecular complexity index is 584. The van der Waals surface area contributed by atoms with Crippen molar-refractivity contribution in [3.05, 3.63) is 23.0 Å². The molecule has 5 nitrogen and oxygen atoms in total. The summed E-state index contributed by atoms with van der Waals surface area (Å²) in [6.45, 7) is 7.83. The monoisotopic (exact) mass is 301 g/mol. The number of esters is 1. The summed E-state index contributed by atoms with van der Waals surface area (Å²) in [6, 6.07) is 4.25. The Morgan fingerprint density at radius 1 is 1.45 bits per heavy atom. The summed E-state index contributed by atoms with van der Waals surface area (Å²) in [5.41, 5.74) is 3.35. The Balaban J connectivity index is 2.03. The molecule has 0 saturated carbocycles. The Labute approximate surface area is 131 Å². The molecule has 22 heavy (non-hydrogen) atoms. The highest BCUT2D eigenvalue weighted by atomic mass is 16.5. The van der Waals surface area contributed by atoms with E-state index in [1.807, 2.05) is 26.8 Å². The minimum absolute atomic E-state index is 0.103. The van der Waals surface area contributed by atoms with Gasteiger partial charge in [0.25, 0.3) is 0 Å². The summed E-state index contributed by atoms with van der Waals surface area (Å²) in [4.78, 5) is 18.2. The Morgan fingerprint density at radius 3 is 2.73 bits per heavy atom. The number of rotatable bonds is 4. The molecule has 0 unspecified atom stereocenters. The van der Waals surface area contributed by atoms with Gasteiger partial charge in [-0.05, 0) is 45.6 Å². The first-order chi connectivity index (χ1) is 10.5. The number of nitriles is 1. The molecule has 0 bridgehead atoms. The zero-order valence-electron chi connectivity index (χ0n) is 13.6. The van der Waals surface area contributed by atoms with Crippen molar-refractivity contribution in [1.29, 1.82) is 5.26 Å². The number of aromatic nitrogens is 1. The molecular weight excluding hydrogens is 278 g/mol. The van der Waals surface area contributed by atoms with Crippen LogP contribution in [-0.4, -0.2) is 30.6 Å². The lowest BCUT2D eigenvalue weighted by Gasteiger charge is -2.34. The standard InChI is InChI=1S/C17H23N3O2/c1-4-22-17(21)10-14-5-7-20(8-6-14)16-9-12(2)19-13(3)15(16)11-18/h9,14H,4-8,10H2,1-3H3. The summed E-state index contributed by atoms with van der Waals surface area (Å²) in [5, 5.41) is 9.37. The molecule has 0 aromatic carbocycles. The van der Waals surface area contributed by atoms with Crippen LogP contribution in [0.5, 0.6) is 0 Å². The SMILES string of the molecule is CCOC(=O)CC1CCN(c2cc(C)nc(C)c2C#N)CC1. The average molecular weight is 301 g/mol. The summed E-state index contributed by atoms with van der Waals surface area (Å²) < 4.78 is 5.02. The van der Waals surface area contributed by atoms with Crippen LogP contribution >= 0.6 is 0 Å². The van der Waals surface area contributed by atoms with E-state index in [2.05, 4.69) is 16.0 Å². The maximum absolute atomic E-state index is 11.6. The van der Waals surface area contributed by atoms with E-state index in [0.717, 1.165) is 43.0 Å². The molecule has 0 radical (unpaired) electrons. The lowest BCUT2D eigenvalue weighted by molar-refractivity contribution is -0.144. The van der Waals surface area contributed by atoms with Crippen molar-refractivity contribution < 1.29 is 9.53 Å². The minimum atomic E-state index is -0.103. The van der Waals surface area contributed by atoms with E-state index >= 15 is 0 Å². The molecule has 118 valence electrons. The van der Waals surface area contributed by atoms with E-state index in [4.69, 9.17) is 4.74 Å². The Hall–Kier alpha value is -2.09. The van der Waals surface area contributed by atoms with Crippen LogP contribution in [0.2, 0.25) is 0 Å². The lowest BCUT2D eigenvalue weighted by atomic mass is 9.93. The molecule has 2 rings (SSSR count). The average Bonchev–Trinajstić information content (AvgIpc) is 2.47. The van der Waals surface area contributed by atoms with Crippen molar-refractivity contribution >= 4 is 11.7 Å². The molecule has 5 heteroatoms. The van der Waals surface area contributed by atoms with E-state index in [1.54, 1.807) is 0 Å². The zero-order chi connectivity index (χ0) is 16.1. The predicted molar refractivity (Wildman–Crippen MR) is 84.6 cm³/mol. The van der Waals surface area contributed by atoms with Gasteiger partial charge in [-0.15, -0.1) is 0 Å². The number of carbonyl (C=O) groups excluding carboxylic acids is 1. The second-order valence-corrected chi connectivity index (χ2v) is 5.79. The predicted octanol–water partition coefficient (Wildman–Crippen LogP) is 2.74. The molecule has 0 aliphatic carbocycles. The number of carbonyl (C=O) groups is 1. The van der Waals surface area contributed by atoms with E-state index in [1.165, 1.54) is 0 Å². The normalized spacial score (nSPS) is 15.5. The van der Waals surface area contributed by atoms with Gasteiger partial charge in [0, 0.05) is 25.2 Å². The highest BCUT2D eigenvalue weighted by molar-refractivity contribution is 5.69. The first kappa shape index (κ1) is 16.3. The maximum atomic E-state index is 11.6. The molecule has 1 aliphatic rings. The van der Waals surface area contributed by atoms with Gasteiger partial charge in [-0.3, -0.25) is 9.78 Å². The van der Waals surface area contributed by atoms with Gasteiger partial charge < -0.3 is 9.64 Å². The molecule has 0 atom stereocenters. The van der Waals surface area contributed by atoms with Crippen molar-refractivity contribution in [3.63, 3.8) is 0 Å². The van der Waals surface area contributed by atoms with E-state index in [-0.39, 0.29) is 5.97 Å². The number of aryl methyl sites for hydroxylation is 2. The Morgan fingerprint density at radius 2 is 2.14 bits per heavy atom. The van der Waals surface area contributed by atoms with Gasteiger partial charge in [0.15, 0.2) is 0 Å². The molecule has 0 N–H and O–H groups in total. The highest BCUT2D eigenvalue weighted by Gasteiger charge is 2.24. The fourth-order valence-electron chi connectivity index (χ4n) is 3.03. The van der Waals surface area contributed by atoms with E-state index in [9.17, 15) is 10.1 Å². The van der Waals surface area contributed by atoms with Gasteiger partial charge in [0.05, 0.1) is 23.6 Å². The molecule has 2 heterocycles. The van der Waals surface area contributed by atoms with Crippen molar-refractivity contribution in [2.24, 2.45) is 5.92 Å². The molecular formula is C17H23N3O2. The first-order valence-corrected chi connectivity index (χ1v) is 7.84. The summed E-state index contributed by atoms with van der Waals surface area (Å²) in [7, 11) is 0. The number of hydrogen-bond donors (Lipinski definition) is 0. The van der Waals surface area contributed by atoms with Gasteiger partial charge in [-0.25, -0.2) is 0 Å². The number of pyridine rings is 1. The lowest BCUT2D eigenvalue weighted by Crippen LogP contribution is -2.35. The minimum Gasteiger partial charge on any atom is -0.466 e. The van der Waals surface area contributed by atoms with Gasteiger partial charge >= 0.3 is 5.97 Å². The maximum Gasteiger partial charge on any atom is 0.306 e. The van der Waals surface area contributed by atoms with Gasteiger partial charge in [-0.2, -0.15) is 5.26 Å². The van der Waals surface area contributed by atoms with Gasteiger partial charge in [0.1, 0.15) is 6.07 Å². The van der Waals surface area contributed by atoms with Crippen LogP contribution in [0.15, 0.2) is 6.07 Å². The van der Waals surface area contributed by atoms with Crippen LogP contribution in [0.4, 0.5) is 5.69 Å². The third-order valence-corrected chi connectivity index (χ3v) is 4.14. The summed E-state index contributed by atoms with van der Waals surface area (Å²) >= 11 is 0. The van der Waals surface area contributed by atoms with Crippen molar-refractivity contribution in [1.82, 2.24) is 4.98 Å². The summed E-state index contributed by atoms with van der Waals surface area (Å²) in [6.07, 6.45) is 2.40. The van der Waals surface area contributed by atoms with E-state index in [0.29, 0.717) is 24.5 Å². The molecule has 0 spiro atoms. The number of ether oxygens (including phenoxy) is 1. The molecule has 1 aromatic heterocycles. The quantitative estimate of drug-likeness (QED) is 0.800. The second kappa shape index (κ2) is 7.26. The Kier molecular flexibility index (Phi) is 5.37. The van der Waals surface area contributed by atoms with Crippen LogP contribution in [0.3, 0.4) is 0 Å². The van der Waals surface area contributed by atoms with Crippen LogP contribution in [0.1, 0.15) is 43.1 Å². The smallest absolute Gasteiger partial charge is 0.306 e. The fourth-order valence-corrected chi connectivity index (χ4v) is 3.03. The fraction of sp³-hybridized carbons (Fsp3) is 0.588. The van der Waals surface area contributed by atoms with Gasteiger partial charge in [0.2, 0.25) is 0 Å². The molecule has 1 aliphatic heterocycles. The number of hydrogen-bond acceptors (Lipinski definition) is 5. The molecule has 0 amide bonds. The second-order valence-electron chi connectivity index (χ2n) is 5.79. The molecule has 1 fully saturated rings. The number of nitrogens with zero attached hydrogens (tertiary/aromatic N) is 3. The number of piperidine rings is 1. The first-order valence-electron chi connectivity index (χ1n) is 7.84. The topological polar surface area (TPSA) is 66.2 Å². The molecule has 1 saturated heterocycles. The van der Waals surface area contributed by atoms with Crippen LogP contribution in [0, 0.1) is 31.1 Å². The third kappa shape index (κ3) is 3.76. The molecule has 1 aromatic rings. The zero-order valence-corrected chi connectivity index (χ0v) is 13.6. The summed E-state index contributed by atoms with van der Waals surface area (Å²) in [5.74, 6) is 0.277. The third-order valence-electron chi connectivity index (χ3n) is 4.14. The van der Waals surface area contributed by atoms with Crippen LogP contribution in [0.25, 0.3) is 0 Å². The van der Waals surface area contributed by atoms with Crippen LogP contribution in [-0.2, 0) is 9.53 Å². The van der Waals surface area contributed by atoms with Gasteiger partial charge in [-0.1, -0.05) is 0 Å².